The van der Waals surface area contributed by atoms with Crippen molar-refractivity contribution >= 4 is 28.8 Å². The number of phenolic OH excluding ortho intramolecular Hbond substituents is 1. The lowest BCUT2D eigenvalue weighted by Gasteiger charge is -2.32. The van der Waals surface area contributed by atoms with E-state index in [1.54, 1.807) is 6.92 Å². The van der Waals surface area contributed by atoms with E-state index >= 15 is 0 Å². The van der Waals surface area contributed by atoms with Gasteiger partial charge in [-0.05, 0) is 49.2 Å². The summed E-state index contributed by atoms with van der Waals surface area (Å²) >= 11 is 6.25. The van der Waals surface area contributed by atoms with Crippen molar-refractivity contribution in [3.63, 3.8) is 0 Å². The molecule has 0 radical (unpaired) electrons. The van der Waals surface area contributed by atoms with Gasteiger partial charge >= 0.3 is 0 Å². The predicted octanol–water partition coefficient (Wildman–Crippen LogP) is 4.83. The third-order valence-electron chi connectivity index (χ3n) is 4.24. The van der Waals surface area contributed by atoms with Gasteiger partial charge in [0.25, 0.3) is 0 Å². The maximum Gasteiger partial charge on any atom is 0.227 e. The summed E-state index contributed by atoms with van der Waals surface area (Å²) in [6.45, 7) is 2.01. The van der Waals surface area contributed by atoms with Gasteiger partial charge in [-0.2, -0.15) is 0 Å². The minimum absolute atomic E-state index is 0.0137. The Morgan fingerprint density at radius 3 is 2.48 bits per heavy atom. The van der Waals surface area contributed by atoms with Gasteiger partial charge in [0.05, 0.1) is 11.3 Å². The molecule has 25 heavy (non-hydrogen) atoms. The van der Waals surface area contributed by atoms with E-state index in [1.165, 1.54) is 29.2 Å². The van der Waals surface area contributed by atoms with Crippen LogP contribution in [-0.4, -0.2) is 22.5 Å². The minimum atomic E-state index is -0.753. The zero-order chi connectivity index (χ0) is 18.1. The number of halogens is 3. The highest BCUT2D eigenvalue weighted by molar-refractivity contribution is 6.32. The monoisotopic (exact) mass is 363 g/mol. The number of phenols is 1. The lowest BCUT2D eigenvalue weighted by molar-refractivity contribution is -0.128. The van der Waals surface area contributed by atoms with Gasteiger partial charge in [0.1, 0.15) is 17.4 Å². The van der Waals surface area contributed by atoms with Crippen LogP contribution in [-0.2, 0) is 4.79 Å². The summed E-state index contributed by atoms with van der Waals surface area (Å²) in [5, 5.41) is 10.1. The summed E-state index contributed by atoms with van der Waals surface area (Å²) in [6.07, 6.45) is 0.482. The van der Waals surface area contributed by atoms with Gasteiger partial charge in [-0.25, -0.2) is 8.78 Å². The van der Waals surface area contributed by atoms with E-state index in [-0.39, 0.29) is 42.3 Å². The molecule has 0 bridgehead atoms. The lowest BCUT2D eigenvalue weighted by atomic mass is 9.90. The molecule has 0 aliphatic carbocycles. The lowest BCUT2D eigenvalue weighted by Crippen LogP contribution is -2.33. The van der Waals surface area contributed by atoms with Gasteiger partial charge in [-0.3, -0.25) is 4.79 Å². The molecule has 0 spiro atoms. The molecule has 0 saturated carbocycles. The maximum absolute atomic E-state index is 14.4. The summed E-state index contributed by atoms with van der Waals surface area (Å²) in [5.41, 5.74) is 0.908. The van der Waals surface area contributed by atoms with E-state index in [0.717, 1.165) is 12.1 Å². The highest BCUT2D eigenvalue weighted by Gasteiger charge is 2.31. The molecule has 6 heteroatoms. The molecule has 0 saturated heterocycles. The second-order valence-corrected chi connectivity index (χ2v) is 6.13. The summed E-state index contributed by atoms with van der Waals surface area (Å²) in [7, 11) is 0. The van der Waals surface area contributed by atoms with Gasteiger partial charge in [0.2, 0.25) is 5.91 Å². The predicted molar refractivity (Wildman–Crippen MR) is 92.9 cm³/mol. The molecule has 0 unspecified atom stereocenters. The largest absolute Gasteiger partial charge is 0.508 e. The average Bonchev–Trinajstić information content (AvgIpc) is 2.57. The van der Waals surface area contributed by atoms with Crippen LogP contribution in [0.3, 0.4) is 0 Å². The van der Waals surface area contributed by atoms with Crippen molar-refractivity contribution in [1.82, 2.24) is 4.90 Å². The first-order chi connectivity index (χ1) is 11.9. The zero-order valence-electron chi connectivity index (χ0n) is 13.5. The third-order valence-corrected chi connectivity index (χ3v) is 4.57. The van der Waals surface area contributed by atoms with Crippen molar-refractivity contribution in [1.29, 1.82) is 0 Å². The van der Waals surface area contributed by atoms with Crippen LogP contribution in [0.15, 0.2) is 36.4 Å². The van der Waals surface area contributed by atoms with Crippen LogP contribution in [0.4, 0.5) is 8.78 Å². The van der Waals surface area contributed by atoms with Crippen LogP contribution < -0.4 is 0 Å². The number of carbonyl (C=O) groups is 1. The standard InChI is InChI=1S/C19H16ClF2NO2/c1-2-23-17(25)9-7-12(13-10-11(24)6-8-14(13)20)19(23)18-15(21)4-3-5-16(18)22/h3-6,8,10,24H,2,7,9H2,1H3. The number of amides is 1. The Hall–Kier alpha value is -2.40. The summed E-state index contributed by atoms with van der Waals surface area (Å²) in [5.74, 6) is -1.73. The van der Waals surface area contributed by atoms with Gasteiger partial charge in [0, 0.05) is 23.6 Å². The van der Waals surface area contributed by atoms with Crippen molar-refractivity contribution in [2.24, 2.45) is 0 Å². The van der Waals surface area contributed by atoms with Crippen LogP contribution in [0.5, 0.6) is 5.75 Å². The van der Waals surface area contributed by atoms with Gasteiger partial charge in [-0.1, -0.05) is 17.7 Å². The van der Waals surface area contributed by atoms with Crippen LogP contribution >= 0.6 is 11.6 Å². The molecule has 1 amide bonds. The Kier molecular flexibility index (Phi) is 4.77. The fourth-order valence-electron chi connectivity index (χ4n) is 3.12. The van der Waals surface area contributed by atoms with Gasteiger partial charge < -0.3 is 10.0 Å². The number of allylic oxidation sites excluding steroid dienone is 1. The smallest absolute Gasteiger partial charge is 0.227 e. The summed E-state index contributed by atoms with van der Waals surface area (Å²) in [4.78, 5) is 13.7. The number of carbonyl (C=O) groups excluding carboxylic acids is 1. The Morgan fingerprint density at radius 1 is 1.16 bits per heavy atom. The van der Waals surface area contributed by atoms with E-state index in [1.807, 2.05) is 0 Å². The van der Waals surface area contributed by atoms with Crippen LogP contribution in [0.2, 0.25) is 5.02 Å². The van der Waals surface area contributed by atoms with Crippen molar-refractivity contribution < 1.29 is 18.7 Å². The van der Waals surface area contributed by atoms with Gasteiger partial charge in [0.15, 0.2) is 0 Å². The second kappa shape index (κ2) is 6.84. The first-order valence-corrected chi connectivity index (χ1v) is 8.28. The fourth-order valence-corrected chi connectivity index (χ4v) is 3.36. The molecule has 2 aromatic carbocycles. The number of hydrogen-bond acceptors (Lipinski definition) is 2. The Bertz CT molecular complexity index is 859. The molecule has 1 heterocycles. The summed E-state index contributed by atoms with van der Waals surface area (Å²) in [6, 6.07) is 7.97. The highest BCUT2D eigenvalue weighted by Crippen LogP contribution is 2.41. The average molecular weight is 364 g/mol. The van der Waals surface area contributed by atoms with Crippen LogP contribution in [0, 0.1) is 11.6 Å². The summed E-state index contributed by atoms with van der Waals surface area (Å²) < 4.78 is 28.9. The number of rotatable bonds is 3. The van der Waals surface area contributed by atoms with Crippen molar-refractivity contribution in [2.45, 2.75) is 19.8 Å². The van der Waals surface area contributed by atoms with E-state index < -0.39 is 11.6 Å². The number of benzene rings is 2. The minimum Gasteiger partial charge on any atom is -0.508 e. The quantitative estimate of drug-likeness (QED) is 0.848. The van der Waals surface area contributed by atoms with Crippen molar-refractivity contribution in [3.8, 4) is 5.75 Å². The molecule has 2 aromatic rings. The molecular weight excluding hydrogens is 348 g/mol. The molecule has 130 valence electrons. The first-order valence-electron chi connectivity index (χ1n) is 7.90. The molecule has 1 N–H and O–H groups in total. The van der Waals surface area contributed by atoms with E-state index in [4.69, 9.17) is 11.6 Å². The molecule has 1 aliphatic heterocycles. The van der Waals surface area contributed by atoms with Crippen LogP contribution in [0.1, 0.15) is 30.9 Å². The first kappa shape index (κ1) is 17.4. The topological polar surface area (TPSA) is 40.5 Å². The number of hydrogen-bond donors (Lipinski definition) is 1. The number of aromatic hydroxyl groups is 1. The van der Waals surface area contributed by atoms with E-state index in [2.05, 4.69) is 0 Å². The molecule has 3 nitrogen and oxygen atoms in total. The van der Waals surface area contributed by atoms with Crippen LogP contribution in [0.25, 0.3) is 11.3 Å². The SMILES string of the molecule is CCN1C(=O)CCC(c2cc(O)ccc2Cl)=C1c1c(F)cccc1F. The number of nitrogens with zero attached hydrogens (tertiary/aromatic N) is 1. The molecule has 0 atom stereocenters. The van der Waals surface area contributed by atoms with Gasteiger partial charge in [-0.15, -0.1) is 0 Å². The molecule has 1 aliphatic rings. The Labute approximate surface area is 149 Å². The molecule has 0 fully saturated rings. The Balaban J connectivity index is 2.36. The fraction of sp³-hybridized carbons (Fsp3) is 0.211. The molecular formula is C19H16ClF2NO2. The molecule has 3 rings (SSSR count). The van der Waals surface area contributed by atoms with Crippen molar-refractivity contribution in [2.75, 3.05) is 6.54 Å². The normalized spacial score (nSPS) is 15.0. The maximum atomic E-state index is 14.4. The van der Waals surface area contributed by atoms with E-state index in [0.29, 0.717) is 16.2 Å². The Morgan fingerprint density at radius 2 is 1.84 bits per heavy atom. The second-order valence-electron chi connectivity index (χ2n) is 5.73. The third kappa shape index (κ3) is 3.12. The zero-order valence-corrected chi connectivity index (χ0v) is 14.3. The van der Waals surface area contributed by atoms with Crippen molar-refractivity contribution in [3.05, 3.63) is 64.2 Å². The highest BCUT2D eigenvalue weighted by atomic mass is 35.5. The molecule has 0 aromatic heterocycles. The van der Waals surface area contributed by atoms with E-state index in [9.17, 15) is 18.7 Å².